The van der Waals surface area contributed by atoms with Crippen LogP contribution in [0.15, 0.2) is 70.3 Å². The summed E-state index contributed by atoms with van der Waals surface area (Å²) in [5.41, 5.74) is 1.22. The predicted molar refractivity (Wildman–Crippen MR) is 106 cm³/mol. The molecule has 8 nitrogen and oxygen atoms in total. The Bertz CT molecular complexity index is 966. The van der Waals surface area contributed by atoms with Crippen molar-refractivity contribution in [3.63, 3.8) is 0 Å². The molecule has 0 saturated heterocycles. The fourth-order valence-corrected chi connectivity index (χ4v) is 2.83. The molecule has 0 aliphatic rings. The lowest BCUT2D eigenvalue weighted by molar-refractivity contribution is 0.233. The van der Waals surface area contributed by atoms with Gasteiger partial charge < -0.3 is 15.1 Å². The number of rotatable bonds is 7. The topological polar surface area (TPSA) is 92.4 Å². The second-order valence-electron chi connectivity index (χ2n) is 6.56. The van der Waals surface area contributed by atoms with Crippen LogP contribution < -0.4 is 16.3 Å². The highest BCUT2D eigenvalue weighted by Crippen LogP contribution is 2.17. The van der Waals surface area contributed by atoms with Crippen molar-refractivity contribution in [1.82, 2.24) is 19.8 Å². The molecule has 0 aliphatic heterocycles. The van der Waals surface area contributed by atoms with Gasteiger partial charge in [-0.1, -0.05) is 12.1 Å². The van der Waals surface area contributed by atoms with Crippen LogP contribution in [0.2, 0.25) is 0 Å². The Labute approximate surface area is 162 Å². The van der Waals surface area contributed by atoms with Crippen molar-refractivity contribution in [2.45, 2.75) is 12.6 Å². The minimum atomic E-state index is -0.314. The summed E-state index contributed by atoms with van der Waals surface area (Å²) in [7, 11) is 3.85. The molecule has 2 N–H and O–H groups in total. The summed E-state index contributed by atoms with van der Waals surface area (Å²) >= 11 is 0. The zero-order valence-corrected chi connectivity index (χ0v) is 15.8. The zero-order chi connectivity index (χ0) is 19.9. The number of nitrogens with zero attached hydrogens (tertiary/aromatic N) is 3. The molecule has 2 heterocycles. The number of aromatic nitrogens is 2. The molecule has 2 amide bonds. The minimum absolute atomic E-state index is 0.0652. The summed E-state index contributed by atoms with van der Waals surface area (Å²) in [5, 5.41) is 5.68. The summed E-state index contributed by atoms with van der Waals surface area (Å²) in [6, 6.07) is 12.4. The quantitative estimate of drug-likeness (QED) is 0.655. The lowest BCUT2D eigenvalue weighted by Gasteiger charge is -2.22. The maximum Gasteiger partial charge on any atom is 0.347 e. The second-order valence-corrected chi connectivity index (χ2v) is 6.56. The van der Waals surface area contributed by atoms with Crippen LogP contribution in [0.25, 0.3) is 0 Å². The van der Waals surface area contributed by atoms with Crippen LogP contribution in [0.3, 0.4) is 0 Å². The summed E-state index contributed by atoms with van der Waals surface area (Å²) in [5.74, 6) is 0.786. The number of carbonyl (C=O) groups excluding carboxylic acids is 1. The molecular weight excluding hydrogens is 358 g/mol. The summed E-state index contributed by atoms with van der Waals surface area (Å²) in [6.45, 7) is 0.780. The number of nitrogens with one attached hydrogen (secondary N) is 2. The fourth-order valence-electron chi connectivity index (χ4n) is 2.83. The molecule has 0 saturated carbocycles. The number of hydrogen-bond donors (Lipinski definition) is 2. The summed E-state index contributed by atoms with van der Waals surface area (Å²) in [6.07, 6.45) is 4.76. The van der Waals surface area contributed by atoms with E-state index in [4.69, 9.17) is 4.42 Å². The number of benzene rings is 1. The predicted octanol–water partition coefficient (Wildman–Crippen LogP) is 2.31. The van der Waals surface area contributed by atoms with E-state index in [-0.39, 0.29) is 17.8 Å². The van der Waals surface area contributed by atoms with Crippen molar-refractivity contribution >= 4 is 11.7 Å². The summed E-state index contributed by atoms with van der Waals surface area (Å²) in [4.78, 5) is 29.8. The molecule has 1 atom stereocenters. The van der Waals surface area contributed by atoms with Crippen molar-refractivity contribution < 1.29 is 9.21 Å². The molecule has 3 aromatic rings. The maximum absolute atomic E-state index is 12.3. The lowest BCUT2D eigenvalue weighted by Crippen LogP contribution is -2.36. The van der Waals surface area contributed by atoms with Crippen molar-refractivity contribution in [2.24, 2.45) is 0 Å². The van der Waals surface area contributed by atoms with Gasteiger partial charge in [-0.3, -0.25) is 9.47 Å². The standard InChI is InChI=1S/C20H23N5O3/c1-24(2)17(18-8-4-11-28-18)13-22-19(26)23-16-7-3-6-15(12-16)14-25-10-5-9-21-20(25)27/h3-12,17H,13-14H2,1-2H3,(H2,22,23,26)/t17-/m0/s1. The molecule has 0 aliphatic carbocycles. The van der Waals surface area contributed by atoms with Gasteiger partial charge in [-0.2, -0.15) is 0 Å². The van der Waals surface area contributed by atoms with Gasteiger partial charge in [0.05, 0.1) is 18.8 Å². The van der Waals surface area contributed by atoms with Crippen molar-refractivity contribution in [3.8, 4) is 0 Å². The Hall–Kier alpha value is -3.39. The van der Waals surface area contributed by atoms with E-state index in [1.807, 2.05) is 49.3 Å². The van der Waals surface area contributed by atoms with Gasteiger partial charge in [0.25, 0.3) is 0 Å². The molecule has 1 aromatic carbocycles. The number of amides is 2. The van der Waals surface area contributed by atoms with E-state index < -0.39 is 0 Å². The Balaban J connectivity index is 1.60. The zero-order valence-electron chi connectivity index (χ0n) is 15.8. The van der Waals surface area contributed by atoms with Gasteiger partial charge in [-0.15, -0.1) is 0 Å². The first kappa shape index (κ1) is 19.4. The Morgan fingerprint density at radius 1 is 1.25 bits per heavy atom. The fraction of sp³-hybridized carbons (Fsp3) is 0.250. The van der Waals surface area contributed by atoms with Crippen molar-refractivity contribution in [1.29, 1.82) is 0 Å². The van der Waals surface area contributed by atoms with E-state index >= 15 is 0 Å². The van der Waals surface area contributed by atoms with Gasteiger partial charge in [0.2, 0.25) is 0 Å². The van der Waals surface area contributed by atoms with E-state index in [1.165, 1.54) is 10.8 Å². The third-order valence-electron chi connectivity index (χ3n) is 4.27. The molecule has 0 fully saturated rings. The van der Waals surface area contributed by atoms with Gasteiger partial charge in [-0.25, -0.2) is 14.6 Å². The molecule has 0 spiro atoms. The molecule has 0 bridgehead atoms. The molecule has 0 radical (unpaired) electrons. The molecule has 0 unspecified atom stereocenters. The van der Waals surface area contributed by atoms with E-state index in [1.54, 1.807) is 24.6 Å². The second kappa shape index (κ2) is 9.01. The van der Waals surface area contributed by atoms with Gasteiger partial charge in [0, 0.05) is 24.6 Å². The molecular formula is C20H23N5O3. The van der Waals surface area contributed by atoms with Gasteiger partial charge in [0.15, 0.2) is 0 Å². The SMILES string of the molecule is CN(C)[C@@H](CNC(=O)Nc1cccc(Cn2cccnc2=O)c1)c1ccco1. The third kappa shape index (κ3) is 5.08. The maximum atomic E-state index is 12.3. The Kier molecular flexibility index (Phi) is 6.23. The first-order valence-corrected chi connectivity index (χ1v) is 8.88. The van der Waals surface area contributed by atoms with Gasteiger partial charge in [-0.05, 0) is 50.0 Å². The number of furan rings is 1. The Morgan fingerprint density at radius 2 is 2.11 bits per heavy atom. The average molecular weight is 381 g/mol. The number of urea groups is 1. The van der Waals surface area contributed by atoms with Crippen molar-refractivity contribution in [2.75, 3.05) is 26.0 Å². The smallest absolute Gasteiger partial charge is 0.347 e. The number of carbonyl (C=O) groups is 1. The van der Waals surface area contributed by atoms with Crippen LogP contribution in [0.5, 0.6) is 0 Å². The first-order valence-electron chi connectivity index (χ1n) is 8.88. The molecule has 146 valence electrons. The normalized spacial score (nSPS) is 12.0. The number of hydrogen-bond acceptors (Lipinski definition) is 5. The van der Waals surface area contributed by atoms with Gasteiger partial charge >= 0.3 is 11.7 Å². The van der Waals surface area contributed by atoms with Crippen LogP contribution in [0.1, 0.15) is 17.4 Å². The van der Waals surface area contributed by atoms with Crippen LogP contribution >= 0.6 is 0 Å². The first-order chi connectivity index (χ1) is 13.5. The summed E-state index contributed by atoms with van der Waals surface area (Å²) < 4.78 is 6.95. The van der Waals surface area contributed by atoms with E-state index in [2.05, 4.69) is 15.6 Å². The molecule has 8 heteroatoms. The minimum Gasteiger partial charge on any atom is -0.468 e. The highest BCUT2D eigenvalue weighted by molar-refractivity contribution is 5.89. The lowest BCUT2D eigenvalue weighted by atomic mass is 10.2. The van der Waals surface area contributed by atoms with Crippen LogP contribution in [0, 0.1) is 0 Å². The van der Waals surface area contributed by atoms with Gasteiger partial charge in [0.1, 0.15) is 5.76 Å². The van der Waals surface area contributed by atoms with Crippen LogP contribution in [-0.2, 0) is 6.54 Å². The monoisotopic (exact) mass is 381 g/mol. The molecule has 2 aromatic heterocycles. The van der Waals surface area contributed by atoms with E-state index in [0.29, 0.717) is 18.8 Å². The highest BCUT2D eigenvalue weighted by Gasteiger charge is 2.17. The highest BCUT2D eigenvalue weighted by atomic mass is 16.3. The van der Waals surface area contributed by atoms with E-state index in [0.717, 1.165) is 11.3 Å². The molecule has 3 rings (SSSR count). The Morgan fingerprint density at radius 3 is 2.82 bits per heavy atom. The number of likely N-dealkylation sites (N-methyl/N-ethyl adjacent to an activating group) is 1. The third-order valence-corrected chi connectivity index (χ3v) is 4.27. The van der Waals surface area contributed by atoms with E-state index in [9.17, 15) is 9.59 Å². The van der Waals surface area contributed by atoms with Crippen LogP contribution in [-0.4, -0.2) is 41.1 Å². The largest absolute Gasteiger partial charge is 0.468 e. The average Bonchev–Trinajstić information content (AvgIpc) is 3.18. The van der Waals surface area contributed by atoms with Crippen molar-refractivity contribution in [3.05, 3.63) is 82.9 Å². The number of anilines is 1. The van der Waals surface area contributed by atoms with Crippen LogP contribution in [0.4, 0.5) is 10.5 Å². The molecule has 28 heavy (non-hydrogen) atoms.